The molecule has 0 aliphatic rings. The van der Waals surface area contributed by atoms with Gasteiger partial charge in [-0.05, 0) is 50.3 Å². The van der Waals surface area contributed by atoms with Crippen LogP contribution in [0.5, 0.6) is 0 Å². The Labute approximate surface area is 210 Å². The summed E-state index contributed by atoms with van der Waals surface area (Å²) in [5.74, 6) is 0.720. The number of rotatable bonds is 13. The lowest BCUT2D eigenvalue weighted by molar-refractivity contribution is -0.184. The van der Waals surface area contributed by atoms with Crippen LogP contribution in [0.3, 0.4) is 0 Å². The van der Waals surface area contributed by atoms with E-state index < -0.39 is 6.29 Å². The van der Waals surface area contributed by atoms with Crippen molar-refractivity contribution in [3.8, 4) is 0 Å². The first kappa shape index (κ1) is 26.9. The summed E-state index contributed by atoms with van der Waals surface area (Å²) in [4.78, 5) is 22.5. The molecule has 0 spiro atoms. The van der Waals surface area contributed by atoms with Gasteiger partial charge in [-0.25, -0.2) is 9.67 Å². The quantitative estimate of drug-likeness (QED) is 0.217. The fourth-order valence-electron chi connectivity index (χ4n) is 3.27. The largest absolute Gasteiger partial charge is 0.389 e. The van der Waals surface area contributed by atoms with Gasteiger partial charge in [0.2, 0.25) is 11.7 Å². The second-order valence-electron chi connectivity index (χ2n) is 8.61. The minimum absolute atomic E-state index is 0.00477. The number of oxime groups is 1. The molecule has 0 aliphatic carbocycles. The van der Waals surface area contributed by atoms with Gasteiger partial charge in [-0.15, -0.1) is 5.10 Å². The monoisotopic (exact) mass is 495 g/mol. The van der Waals surface area contributed by atoms with Gasteiger partial charge in [0, 0.05) is 25.5 Å². The summed E-state index contributed by atoms with van der Waals surface area (Å²) in [6.45, 7) is 7.84. The number of pyridine rings is 1. The third-order valence-electron chi connectivity index (χ3n) is 4.78. The number of aromatic nitrogens is 5. The van der Waals surface area contributed by atoms with Crippen LogP contribution in [0.1, 0.15) is 57.6 Å². The van der Waals surface area contributed by atoms with E-state index in [-0.39, 0.29) is 31.1 Å². The Bertz CT molecular complexity index is 1120. The van der Waals surface area contributed by atoms with Gasteiger partial charge in [-0.1, -0.05) is 41.6 Å². The van der Waals surface area contributed by atoms with E-state index >= 15 is 0 Å². The number of anilines is 1. The zero-order valence-electron chi connectivity index (χ0n) is 21.3. The highest BCUT2D eigenvalue weighted by atomic mass is 16.7. The molecule has 2 aromatic heterocycles. The number of aryl methyl sites for hydroxylation is 1. The van der Waals surface area contributed by atoms with Crippen molar-refractivity contribution in [3.63, 3.8) is 0 Å². The van der Waals surface area contributed by atoms with Crippen molar-refractivity contribution in [1.29, 1.82) is 0 Å². The molecule has 3 rings (SSSR count). The topological polar surface area (TPSA) is 126 Å². The van der Waals surface area contributed by atoms with Crippen molar-refractivity contribution in [1.82, 2.24) is 25.2 Å². The van der Waals surface area contributed by atoms with Crippen LogP contribution in [-0.2, 0) is 32.8 Å². The highest BCUT2D eigenvalue weighted by molar-refractivity contribution is 6.10. The molecule has 1 N–H and O–H groups in total. The molecule has 0 saturated carbocycles. The second kappa shape index (κ2) is 13.4. The van der Waals surface area contributed by atoms with Crippen molar-refractivity contribution < 1.29 is 19.1 Å². The van der Waals surface area contributed by atoms with Gasteiger partial charge in [0.15, 0.2) is 18.6 Å². The van der Waals surface area contributed by atoms with E-state index in [0.717, 1.165) is 5.56 Å². The summed E-state index contributed by atoms with van der Waals surface area (Å²) in [6.07, 6.45) is 0.251. The van der Waals surface area contributed by atoms with E-state index in [1.54, 1.807) is 25.2 Å². The van der Waals surface area contributed by atoms with Gasteiger partial charge >= 0.3 is 0 Å². The van der Waals surface area contributed by atoms with Crippen molar-refractivity contribution >= 4 is 17.4 Å². The standard InChI is InChI=1S/C25H33N7O4/c1-17(2)35-23(36-18(3)4)15-14-22(33)27-21-13-9-12-20(26-21)16-34-29-24(19-10-7-6-8-11-19)25-28-30-31-32(25)5/h6-13,17-18,23H,14-16H2,1-5H3,(H,26,27,33)/b29-24-. The number of nitrogens with one attached hydrogen (secondary N) is 1. The molecule has 36 heavy (non-hydrogen) atoms. The summed E-state index contributed by atoms with van der Waals surface area (Å²) in [6, 6.07) is 14.8. The number of hydrogen-bond donors (Lipinski definition) is 1. The number of amides is 1. The van der Waals surface area contributed by atoms with E-state index in [4.69, 9.17) is 14.3 Å². The molecular formula is C25H33N7O4. The third kappa shape index (κ3) is 8.51. The smallest absolute Gasteiger partial charge is 0.225 e. The Balaban J connectivity index is 1.60. The minimum Gasteiger partial charge on any atom is -0.389 e. The van der Waals surface area contributed by atoms with E-state index in [0.29, 0.717) is 29.5 Å². The Kier molecular flexibility index (Phi) is 10.0. The number of carbonyl (C=O) groups excluding carboxylic acids is 1. The Morgan fingerprint density at radius 1 is 1.03 bits per heavy atom. The van der Waals surface area contributed by atoms with Crippen LogP contribution in [0.25, 0.3) is 0 Å². The average molecular weight is 496 g/mol. The molecule has 0 fully saturated rings. The van der Waals surface area contributed by atoms with Crippen LogP contribution in [0, 0.1) is 0 Å². The van der Waals surface area contributed by atoms with Gasteiger partial charge in [-0.3, -0.25) is 4.79 Å². The molecule has 1 aromatic carbocycles. The fraction of sp³-hybridized carbons (Fsp3) is 0.440. The van der Waals surface area contributed by atoms with Crippen LogP contribution in [0.15, 0.2) is 53.7 Å². The lowest BCUT2D eigenvalue weighted by atomic mass is 10.1. The molecule has 11 nitrogen and oxygen atoms in total. The first-order valence-corrected chi connectivity index (χ1v) is 11.9. The summed E-state index contributed by atoms with van der Waals surface area (Å²) in [5.41, 5.74) is 1.91. The molecule has 0 unspecified atom stereocenters. The van der Waals surface area contributed by atoms with Crippen molar-refractivity contribution in [3.05, 3.63) is 65.6 Å². The van der Waals surface area contributed by atoms with Gasteiger partial charge in [0.05, 0.1) is 17.9 Å². The van der Waals surface area contributed by atoms with Gasteiger partial charge in [-0.2, -0.15) is 0 Å². The Morgan fingerprint density at radius 3 is 2.39 bits per heavy atom. The van der Waals surface area contributed by atoms with Crippen molar-refractivity contribution in [2.24, 2.45) is 12.2 Å². The molecular weight excluding hydrogens is 462 g/mol. The van der Waals surface area contributed by atoms with Crippen LogP contribution < -0.4 is 5.32 Å². The normalized spacial score (nSPS) is 11.9. The molecule has 0 bridgehead atoms. The molecule has 11 heteroatoms. The van der Waals surface area contributed by atoms with E-state index in [9.17, 15) is 4.79 Å². The maximum atomic E-state index is 12.5. The average Bonchev–Trinajstić information content (AvgIpc) is 3.26. The second-order valence-corrected chi connectivity index (χ2v) is 8.61. The number of ether oxygens (including phenoxy) is 2. The van der Waals surface area contributed by atoms with Crippen molar-refractivity contribution in [2.75, 3.05) is 5.32 Å². The SMILES string of the molecule is CC(C)OC(CCC(=O)Nc1cccc(CO/N=C(/c2ccccc2)c2nnnn2C)n1)OC(C)C. The Hall–Kier alpha value is -3.70. The first-order valence-electron chi connectivity index (χ1n) is 11.9. The van der Waals surface area contributed by atoms with E-state index in [2.05, 4.69) is 31.0 Å². The molecule has 0 atom stereocenters. The summed E-state index contributed by atoms with van der Waals surface area (Å²) in [7, 11) is 1.73. The molecule has 0 aliphatic heterocycles. The van der Waals surface area contributed by atoms with Crippen LogP contribution in [0.2, 0.25) is 0 Å². The maximum absolute atomic E-state index is 12.5. The van der Waals surface area contributed by atoms with Crippen molar-refractivity contribution in [2.45, 2.75) is 65.6 Å². The molecule has 1 amide bonds. The fourth-order valence-corrected chi connectivity index (χ4v) is 3.27. The molecule has 2 heterocycles. The number of hydrogen-bond acceptors (Lipinski definition) is 9. The molecule has 0 radical (unpaired) electrons. The molecule has 0 saturated heterocycles. The van der Waals surface area contributed by atoms with Crippen LogP contribution in [0.4, 0.5) is 5.82 Å². The Morgan fingerprint density at radius 2 is 1.75 bits per heavy atom. The lowest BCUT2D eigenvalue weighted by Gasteiger charge is -2.22. The van der Waals surface area contributed by atoms with Crippen LogP contribution >= 0.6 is 0 Å². The molecule has 192 valence electrons. The number of tetrazole rings is 1. The van der Waals surface area contributed by atoms with Crippen LogP contribution in [-0.4, -0.2) is 55.3 Å². The molecule has 3 aromatic rings. The van der Waals surface area contributed by atoms with Gasteiger partial charge in [0.25, 0.3) is 0 Å². The van der Waals surface area contributed by atoms with Gasteiger partial charge in [0.1, 0.15) is 5.82 Å². The summed E-state index contributed by atoms with van der Waals surface area (Å²) < 4.78 is 13.0. The summed E-state index contributed by atoms with van der Waals surface area (Å²) >= 11 is 0. The predicted molar refractivity (Wildman–Crippen MR) is 134 cm³/mol. The zero-order chi connectivity index (χ0) is 25.9. The zero-order valence-corrected chi connectivity index (χ0v) is 21.3. The number of benzene rings is 1. The van der Waals surface area contributed by atoms with E-state index in [1.165, 1.54) is 4.68 Å². The van der Waals surface area contributed by atoms with Gasteiger partial charge < -0.3 is 19.6 Å². The van der Waals surface area contributed by atoms with E-state index in [1.807, 2.05) is 58.0 Å². The maximum Gasteiger partial charge on any atom is 0.225 e. The highest BCUT2D eigenvalue weighted by Gasteiger charge is 2.17. The first-order chi connectivity index (χ1) is 17.3. The number of carbonyl (C=O) groups is 1. The summed E-state index contributed by atoms with van der Waals surface area (Å²) in [5, 5.41) is 18.7. The lowest BCUT2D eigenvalue weighted by Crippen LogP contribution is -2.26. The minimum atomic E-state index is -0.441. The predicted octanol–water partition coefficient (Wildman–Crippen LogP) is 3.47. The third-order valence-corrected chi connectivity index (χ3v) is 4.78. The highest BCUT2D eigenvalue weighted by Crippen LogP contribution is 2.13. The number of nitrogens with zero attached hydrogens (tertiary/aromatic N) is 6.